The van der Waals surface area contributed by atoms with Gasteiger partial charge in [0.05, 0.1) is 13.7 Å². The Hall–Kier alpha value is -2.76. The van der Waals surface area contributed by atoms with E-state index in [1.807, 2.05) is 18.0 Å². The Labute approximate surface area is 159 Å². The number of benzene rings is 2. The van der Waals surface area contributed by atoms with E-state index in [9.17, 15) is 4.39 Å². The third-order valence-electron chi connectivity index (χ3n) is 4.66. The Balaban J connectivity index is 1.53. The molecule has 0 saturated heterocycles. The summed E-state index contributed by atoms with van der Waals surface area (Å²) in [6.07, 6.45) is 1.89. The number of aliphatic imine (C=N–C) groups is 1. The molecule has 3 rings (SSSR count). The van der Waals surface area contributed by atoms with Crippen molar-refractivity contribution < 1.29 is 13.9 Å². The van der Waals surface area contributed by atoms with Crippen molar-refractivity contribution in [3.05, 3.63) is 58.9 Å². The third kappa shape index (κ3) is 4.70. The largest absolute Gasteiger partial charge is 0.494 e. The summed E-state index contributed by atoms with van der Waals surface area (Å²) in [6, 6.07) is 11.4. The van der Waals surface area contributed by atoms with E-state index < -0.39 is 0 Å². The van der Waals surface area contributed by atoms with Crippen LogP contribution in [-0.4, -0.2) is 45.2 Å². The molecule has 0 aliphatic carbocycles. The molecule has 1 N–H and O–H groups in total. The fourth-order valence-electron chi connectivity index (χ4n) is 3.26. The van der Waals surface area contributed by atoms with Crippen molar-refractivity contribution in [2.75, 3.05) is 34.4 Å². The molecule has 0 atom stereocenters. The fraction of sp³-hybridized carbons (Fsp3) is 0.381. The van der Waals surface area contributed by atoms with Crippen LogP contribution in [0.2, 0.25) is 0 Å². The van der Waals surface area contributed by atoms with Crippen molar-refractivity contribution in [2.24, 2.45) is 4.99 Å². The molecule has 1 aliphatic heterocycles. The lowest BCUT2D eigenvalue weighted by Crippen LogP contribution is -2.39. The van der Waals surface area contributed by atoms with Crippen LogP contribution in [0.1, 0.15) is 16.7 Å². The van der Waals surface area contributed by atoms with Crippen molar-refractivity contribution in [1.82, 2.24) is 10.2 Å². The number of halogens is 1. The number of ether oxygens (including phenoxy) is 2. The Morgan fingerprint density at radius 3 is 2.81 bits per heavy atom. The van der Waals surface area contributed by atoms with Crippen molar-refractivity contribution in [1.29, 1.82) is 0 Å². The van der Waals surface area contributed by atoms with Gasteiger partial charge in [-0.15, -0.1) is 0 Å². The molecule has 5 nitrogen and oxygen atoms in total. The SMILES string of the molecule is CN=C(NCCc1ccc2c(c1)CCO2)N(C)Cc1ccc(OC)c(F)c1. The van der Waals surface area contributed by atoms with Crippen molar-refractivity contribution in [3.63, 3.8) is 0 Å². The van der Waals surface area contributed by atoms with Gasteiger partial charge in [0, 0.05) is 33.6 Å². The second-order valence-electron chi connectivity index (χ2n) is 6.59. The first kappa shape index (κ1) is 19.0. The van der Waals surface area contributed by atoms with E-state index >= 15 is 0 Å². The Bertz CT molecular complexity index is 823. The van der Waals surface area contributed by atoms with Crippen molar-refractivity contribution in [3.8, 4) is 11.5 Å². The van der Waals surface area contributed by atoms with Crippen LogP contribution in [0.4, 0.5) is 4.39 Å². The zero-order chi connectivity index (χ0) is 19.2. The molecular formula is C21H26FN3O2. The van der Waals surface area contributed by atoms with Gasteiger partial charge in [-0.1, -0.05) is 18.2 Å². The van der Waals surface area contributed by atoms with E-state index in [1.54, 1.807) is 13.1 Å². The lowest BCUT2D eigenvalue weighted by molar-refractivity contribution is 0.357. The topological polar surface area (TPSA) is 46.1 Å². The molecule has 0 saturated carbocycles. The van der Waals surface area contributed by atoms with Gasteiger partial charge in [0.1, 0.15) is 5.75 Å². The van der Waals surface area contributed by atoms with Gasteiger partial charge < -0.3 is 19.7 Å². The molecule has 1 heterocycles. The fourth-order valence-corrected chi connectivity index (χ4v) is 3.26. The van der Waals surface area contributed by atoms with Gasteiger partial charge in [-0.05, 0) is 41.3 Å². The van der Waals surface area contributed by atoms with E-state index in [2.05, 4.69) is 28.5 Å². The summed E-state index contributed by atoms with van der Waals surface area (Å²) in [5.41, 5.74) is 3.43. The lowest BCUT2D eigenvalue weighted by Gasteiger charge is -2.22. The lowest BCUT2D eigenvalue weighted by atomic mass is 10.1. The summed E-state index contributed by atoms with van der Waals surface area (Å²) >= 11 is 0. The number of nitrogens with zero attached hydrogens (tertiary/aromatic N) is 2. The highest BCUT2D eigenvalue weighted by molar-refractivity contribution is 5.79. The summed E-state index contributed by atoms with van der Waals surface area (Å²) in [4.78, 5) is 6.29. The minimum atomic E-state index is -0.355. The predicted molar refractivity (Wildman–Crippen MR) is 105 cm³/mol. The predicted octanol–water partition coefficient (Wildman–Crippen LogP) is 3.02. The van der Waals surface area contributed by atoms with Crippen molar-refractivity contribution >= 4 is 5.96 Å². The van der Waals surface area contributed by atoms with Gasteiger partial charge in [0.25, 0.3) is 0 Å². The maximum atomic E-state index is 13.9. The highest BCUT2D eigenvalue weighted by Crippen LogP contribution is 2.25. The third-order valence-corrected chi connectivity index (χ3v) is 4.66. The van der Waals surface area contributed by atoms with E-state index in [1.165, 1.54) is 24.3 Å². The number of nitrogens with one attached hydrogen (secondary N) is 1. The van der Waals surface area contributed by atoms with Crippen LogP contribution in [0.5, 0.6) is 11.5 Å². The van der Waals surface area contributed by atoms with Crippen LogP contribution in [-0.2, 0) is 19.4 Å². The minimum absolute atomic E-state index is 0.253. The Morgan fingerprint density at radius 2 is 2.07 bits per heavy atom. The van der Waals surface area contributed by atoms with Gasteiger partial charge in [-0.2, -0.15) is 0 Å². The molecule has 144 valence electrons. The molecule has 2 aromatic carbocycles. The van der Waals surface area contributed by atoms with E-state index in [4.69, 9.17) is 9.47 Å². The average Bonchev–Trinajstić information content (AvgIpc) is 3.13. The van der Waals surface area contributed by atoms with Gasteiger partial charge in [0.15, 0.2) is 17.5 Å². The number of fused-ring (bicyclic) bond motifs is 1. The molecule has 0 unspecified atom stereocenters. The molecule has 27 heavy (non-hydrogen) atoms. The van der Waals surface area contributed by atoms with Crippen LogP contribution < -0.4 is 14.8 Å². The molecule has 0 fully saturated rings. The zero-order valence-electron chi connectivity index (χ0n) is 16.1. The second-order valence-corrected chi connectivity index (χ2v) is 6.59. The summed E-state index contributed by atoms with van der Waals surface area (Å²) in [5.74, 6) is 1.68. The number of methoxy groups -OCH3 is 1. The molecule has 0 amide bonds. The van der Waals surface area contributed by atoms with Crippen molar-refractivity contribution in [2.45, 2.75) is 19.4 Å². The second kappa shape index (κ2) is 8.75. The minimum Gasteiger partial charge on any atom is -0.494 e. The normalized spacial score (nSPS) is 13.1. The van der Waals surface area contributed by atoms with Crippen LogP contribution >= 0.6 is 0 Å². The molecule has 0 aromatic heterocycles. The summed E-state index contributed by atoms with van der Waals surface area (Å²) in [5, 5.41) is 3.37. The average molecular weight is 371 g/mol. The van der Waals surface area contributed by atoms with Crippen LogP contribution in [0.25, 0.3) is 0 Å². The van der Waals surface area contributed by atoms with Crippen LogP contribution in [0.3, 0.4) is 0 Å². The molecule has 2 aromatic rings. The monoisotopic (exact) mass is 371 g/mol. The van der Waals surface area contributed by atoms with Gasteiger partial charge in [0.2, 0.25) is 0 Å². The van der Waals surface area contributed by atoms with E-state index in [0.29, 0.717) is 6.54 Å². The smallest absolute Gasteiger partial charge is 0.193 e. The maximum absolute atomic E-state index is 13.9. The first-order chi connectivity index (χ1) is 13.1. The number of rotatable bonds is 6. The van der Waals surface area contributed by atoms with Gasteiger partial charge in [-0.3, -0.25) is 4.99 Å². The molecule has 0 bridgehead atoms. The van der Waals surface area contributed by atoms with Gasteiger partial charge in [-0.25, -0.2) is 4.39 Å². The quantitative estimate of drug-likeness (QED) is 0.626. The molecule has 0 spiro atoms. The maximum Gasteiger partial charge on any atom is 0.193 e. The number of hydrogen-bond acceptors (Lipinski definition) is 3. The Morgan fingerprint density at radius 1 is 1.26 bits per heavy atom. The first-order valence-corrected chi connectivity index (χ1v) is 9.09. The first-order valence-electron chi connectivity index (χ1n) is 9.09. The van der Waals surface area contributed by atoms with E-state index in [-0.39, 0.29) is 11.6 Å². The zero-order valence-corrected chi connectivity index (χ0v) is 16.1. The molecule has 0 radical (unpaired) electrons. The summed E-state index contributed by atoms with van der Waals surface area (Å²) < 4.78 is 24.4. The number of hydrogen-bond donors (Lipinski definition) is 1. The van der Waals surface area contributed by atoms with E-state index in [0.717, 1.165) is 43.3 Å². The van der Waals surface area contributed by atoms with Crippen LogP contribution in [0, 0.1) is 5.82 Å². The molecule has 1 aliphatic rings. The summed E-state index contributed by atoms with van der Waals surface area (Å²) in [6.45, 7) is 2.10. The number of guanidine groups is 1. The van der Waals surface area contributed by atoms with Gasteiger partial charge >= 0.3 is 0 Å². The summed E-state index contributed by atoms with van der Waals surface area (Å²) in [7, 11) is 5.15. The molecule has 6 heteroatoms. The Kier molecular flexibility index (Phi) is 6.16. The molecular weight excluding hydrogens is 345 g/mol. The van der Waals surface area contributed by atoms with Crippen LogP contribution in [0.15, 0.2) is 41.4 Å². The highest BCUT2D eigenvalue weighted by atomic mass is 19.1. The standard InChI is InChI=1S/C21H26FN3O2/c1-23-21(25(2)14-16-5-7-20(26-3)18(22)13-16)24-10-8-15-4-6-19-17(12-15)9-11-27-19/h4-7,12-13H,8-11,14H2,1-3H3,(H,23,24). The highest BCUT2D eigenvalue weighted by Gasteiger charge is 2.12.